The lowest BCUT2D eigenvalue weighted by Crippen LogP contribution is -2.20. The van der Waals surface area contributed by atoms with E-state index in [1.807, 2.05) is 0 Å². The van der Waals surface area contributed by atoms with Crippen molar-refractivity contribution < 1.29 is 14.2 Å². The number of halogens is 1. The van der Waals surface area contributed by atoms with Crippen molar-refractivity contribution in [1.29, 1.82) is 0 Å². The number of benzene rings is 1. The molecule has 7 nitrogen and oxygen atoms in total. The number of ether oxygens (including phenoxy) is 1. The van der Waals surface area contributed by atoms with Gasteiger partial charge in [0.05, 0.1) is 17.8 Å². The molecule has 3 aromatic rings. The number of aromatic nitrogens is 3. The largest absolute Gasteiger partial charge is 0.491 e. The van der Waals surface area contributed by atoms with Crippen LogP contribution in [0.25, 0.3) is 11.3 Å². The second-order valence-electron chi connectivity index (χ2n) is 6.28. The summed E-state index contributed by atoms with van der Waals surface area (Å²) in [5, 5.41) is 20.3. The molecule has 140 valence electrons. The van der Waals surface area contributed by atoms with Crippen LogP contribution in [0.15, 0.2) is 43.2 Å². The maximum Gasteiger partial charge on any atom is 0.166 e. The Hall–Kier alpha value is -3.13. The van der Waals surface area contributed by atoms with Crippen LogP contribution in [-0.4, -0.2) is 39.5 Å². The first-order chi connectivity index (χ1) is 13.2. The lowest BCUT2D eigenvalue weighted by molar-refractivity contribution is 0.276. The van der Waals surface area contributed by atoms with Crippen molar-refractivity contribution >= 4 is 17.2 Å². The van der Waals surface area contributed by atoms with Crippen molar-refractivity contribution in [3.8, 4) is 5.75 Å². The molecule has 0 saturated heterocycles. The van der Waals surface area contributed by atoms with Crippen LogP contribution in [0.1, 0.15) is 23.6 Å². The molecule has 4 rings (SSSR count). The monoisotopic (exact) mass is 369 g/mol. The first-order valence-electron chi connectivity index (χ1n) is 8.73. The van der Waals surface area contributed by atoms with E-state index in [2.05, 4.69) is 27.3 Å². The summed E-state index contributed by atoms with van der Waals surface area (Å²) < 4.78 is 21.4. The van der Waals surface area contributed by atoms with Crippen molar-refractivity contribution in [2.45, 2.75) is 12.5 Å². The average molecular weight is 369 g/mol. The molecule has 0 fully saturated rings. The maximum absolute atomic E-state index is 13.9. The zero-order valence-corrected chi connectivity index (χ0v) is 14.7. The Balaban J connectivity index is 1.81. The van der Waals surface area contributed by atoms with Gasteiger partial charge in [0.25, 0.3) is 0 Å². The summed E-state index contributed by atoms with van der Waals surface area (Å²) in [5.41, 5.74) is 2.78. The summed E-state index contributed by atoms with van der Waals surface area (Å²) in [5.74, 6) is 0.794. The lowest BCUT2D eigenvalue weighted by atomic mass is 10.0. The Morgan fingerprint density at radius 1 is 1.37 bits per heavy atom. The fourth-order valence-corrected chi connectivity index (χ4v) is 3.16. The van der Waals surface area contributed by atoms with E-state index in [1.165, 1.54) is 12.1 Å². The zero-order chi connectivity index (χ0) is 18.8. The van der Waals surface area contributed by atoms with Crippen molar-refractivity contribution in [1.82, 2.24) is 19.9 Å². The number of nitrogens with zero attached hydrogens (tertiary/aromatic N) is 3. The van der Waals surface area contributed by atoms with Crippen LogP contribution in [0.5, 0.6) is 5.75 Å². The van der Waals surface area contributed by atoms with Gasteiger partial charge in [-0.15, -0.1) is 0 Å². The van der Waals surface area contributed by atoms with Gasteiger partial charge in [-0.25, -0.2) is 13.9 Å². The highest BCUT2D eigenvalue weighted by atomic mass is 19.1. The molecule has 0 spiro atoms. The minimum atomic E-state index is -0.362. The highest BCUT2D eigenvalue weighted by molar-refractivity contribution is 5.73. The minimum absolute atomic E-state index is 0.0633. The van der Waals surface area contributed by atoms with Gasteiger partial charge in [0.15, 0.2) is 5.65 Å². The Morgan fingerprint density at radius 2 is 2.26 bits per heavy atom. The van der Waals surface area contributed by atoms with E-state index in [0.717, 1.165) is 5.56 Å². The molecule has 1 aliphatic heterocycles. The molecule has 1 aromatic carbocycles. The number of aliphatic hydroxyl groups is 1. The van der Waals surface area contributed by atoms with Crippen LogP contribution in [0.2, 0.25) is 0 Å². The Labute approximate surface area is 155 Å². The third-order valence-corrected chi connectivity index (χ3v) is 4.48. The molecular formula is C19H20FN5O2. The van der Waals surface area contributed by atoms with Gasteiger partial charge < -0.3 is 20.5 Å². The molecule has 2 aromatic heterocycles. The van der Waals surface area contributed by atoms with Gasteiger partial charge >= 0.3 is 0 Å². The van der Waals surface area contributed by atoms with E-state index in [4.69, 9.17) is 4.74 Å². The standard InChI is InChI=1S/C19H20FN5O2/c1-12-15-11-22-25-7-4-18(24-19(15)25)23-16(5-8-26)14-10-13(20)2-3-17(14)27-9-6-21-12/h2-4,7,10-11,16,21,26H,1,5-6,8-9H2,(H,23,24)/t16-/m1/s1. The Morgan fingerprint density at radius 3 is 3.11 bits per heavy atom. The molecule has 27 heavy (non-hydrogen) atoms. The smallest absolute Gasteiger partial charge is 0.166 e. The molecule has 3 N–H and O–H groups in total. The van der Waals surface area contributed by atoms with E-state index < -0.39 is 0 Å². The van der Waals surface area contributed by atoms with E-state index in [0.29, 0.717) is 48.0 Å². The van der Waals surface area contributed by atoms with Crippen LogP contribution < -0.4 is 15.4 Å². The molecule has 1 aliphatic rings. The summed E-state index contributed by atoms with van der Waals surface area (Å²) in [6.07, 6.45) is 3.88. The predicted molar refractivity (Wildman–Crippen MR) is 100.0 cm³/mol. The lowest BCUT2D eigenvalue weighted by Gasteiger charge is -2.22. The Kier molecular flexibility index (Phi) is 4.64. The number of rotatable bonds is 2. The molecule has 0 radical (unpaired) electrons. The number of hydrogen-bond acceptors (Lipinski definition) is 6. The third-order valence-electron chi connectivity index (χ3n) is 4.48. The van der Waals surface area contributed by atoms with Gasteiger partial charge in [0.1, 0.15) is 24.0 Å². The van der Waals surface area contributed by atoms with Crippen LogP contribution in [0.3, 0.4) is 0 Å². The predicted octanol–water partition coefficient (Wildman–Crippen LogP) is 2.36. The van der Waals surface area contributed by atoms with Crippen molar-refractivity contribution in [2.75, 3.05) is 25.1 Å². The molecule has 3 heterocycles. The van der Waals surface area contributed by atoms with E-state index in [9.17, 15) is 9.50 Å². The molecular weight excluding hydrogens is 349 g/mol. The summed E-state index contributed by atoms with van der Waals surface area (Å²) >= 11 is 0. The SMILES string of the molecule is C=C1NCCOc2ccc(F)cc2[C@@H](CCO)Nc2ccn3ncc1c3n2. The van der Waals surface area contributed by atoms with Gasteiger partial charge in [-0.2, -0.15) is 5.10 Å². The maximum atomic E-state index is 13.9. The van der Waals surface area contributed by atoms with Gasteiger partial charge in [0, 0.05) is 30.6 Å². The minimum Gasteiger partial charge on any atom is -0.491 e. The third kappa shape index (κ3) is 3.43. The molecule has 8 heteroatoms. The molecule has 0 aliphatic carbocycles. The van der Waals surface area contributed by atoms with Crippen molar-refractivity contribution in [2.24, 2.45) is 0 Å². The molecule has 2 bridgehead atoms. The molecule has 1 atom stereocenters. The van der Waals surface area contributed by atoms with Gasteiger partial charge in [-0.3, -0.25) is 0 Å². The fourth-order valence-electron chi connectivity index (χ4n) is 3.16. The molecule has 0 saturated carbocycles. The second kappa shape index (κ2) is 7.24. The van der Waals surface area contributed by atoms with Crippen LogP contribution in [0, 0.1) is 5.82 Å². The average Bonchev–Trinajstić information content (AvgIpc) is 3.08. The quantitative estimate of drug-likeness (QED) is 0.643. The number of fused-ring (bicyclic) bond motifs is 2. The Bertz CT molecular complexity index is 987. The zero-order valence-electron chi connectivity index (χ0n) is 14.7. The number of hydrogen-bond donors (Lipinski definition) is 3. The first kappa shape index (κ1) is 17.3. The molecule has 0 amide bonds. The highest BCUT2D eigenvalue weighted by Crippen LogP contribution is 2.31. The van der Waals surface area contributed by atoms with Gasteiger partial charge in [-0.05, 0) is 30.7 Å². The fraction of sp³-hybridized carbons (Fsp3) is 0.263. The van der Waals surface area contributed by atoms with Gasteiger partial charge in [-0.1, -0.05) is 6.58 Å². The number of nitrogens with one attached hydrogen (secondary N) is 2. The summed E-state index contributed by atoms with van der Waals surface area (Å²) in [6, 6.07) is 5.82. The van der Waals surface area contributed by atoms with E-state index in [1.54, 1.807) is 29.0 Å². The second-order valence-corrected chi connectivity index (χ2v) is 6.28. The molecule has 0 unspecified atom stereocenters. The number of anilines is 1. The van der Waals surface area contributed by atoms with Crippen LogP contribution >= 0.6 is 0 Å². The highest BCUT2D eigenvalue weighted by Gasteiger charge is 2.19. The van der Waals surface area contributed by atoms with Crippen molar-refractivity contribution in [3.05, 3.63) is 60.2 Å². The van der Waals surface area contributed by atoms with E-state index >= 15 is 0 Å². The first-order valence-corrected chi connectivity index (χ1v) is 8.73. The topological polar surface area (TPSA) is 83.7 Å². The van der Waals surface area contributed by atoms with Crippen LogP contribution in [-0.2, 0) is 0 Å². The summed E-state index contributed by atoms with van der Waals surface area (Å²) in [6.45, 7) is 4.88. The van der Waals surface area contributed by atoms with Crippen LogP contribution in [0.4, 0.5) is 10.2 Å². The van der Waals surface area contributed by atoms with Crippen molar-refractivity contribution in [3.63, 3.8) is 0 Å². The summed E-state index contributed by atoms with van der Waals surface area (Å²) in [7, 11) is 0. The van der Waals surface area contributed by atoms with Gasteiger partial charge in [0.2, 0.25) is 0 Å². The summed E-state index contributed by atoms with van der Waals surface area (Å²) in [4.78, 5) is 4.63. The van der Waals surface area contributed by atoms with E-state index in [-0.39, 0.29) is 18.5 Å². The normalized spacial score (nSPS) is 17.1. The number of aliphatic hydroxyl groups excluding tert-OH is 1.